The Balaban J connectivity index is 2.06. The topological polar surface area (TPSA) is 49.4 Å². The zero-order valence-corrected chi connectivity index (χ0v) is 19.0. The third-order valence-corrected chi connectivity index (χ3v) is 5.73. The first-order valence-electron chi connectivity index (χ1n) is 10.2. The Bertz CT molecular complexity index is 839. The number of thioether (sulfide) groups is 1. The van der Waals surface area contributed by atoms with Crippen molar-refractivity contribution in [2.45, 2.75) is 46.0 Å². The highest BCUT2D eigenvalue weighted by Crippen LogP contribution is 2.18. The summed E-state index contributed by atoms with van der Waals surface area (Å²) in [6, 6.07) is 13.9. The first-order valence-corrected chi connectivity index (χ1v) is 11.4. The van der Waals surface area contributed by atoms with E-state index in [2.05, 4.69) is 5.32 Å². The second kappa shape index (κ2) is 11.7. The van der Waals surface area contributed by atoms with Gasteiger partial charge in [-0.2, -0.15) is 0 Å². The number of rotatable bonds is 10. The molecule has 2 rings (SSSR count). The molecule has 0 bridgehead atoms. The Morgan fingerprint density at radius 1 is 1.07 bits per heavy atom. The van der Waals surface area contributed by atoms with Gasteiger partial charge in [0.25, 0.3) is 0 Å². The number of hydrogen-bond acceptors (Lipinski definition) is 3. The number of halogens is 1. The monoisotopic (exact) mass is 430 g/mol. The number of aryl methyl sites for hydroxylation is 1. The summed E-state index contributed by atoms with van der Waals surface area (Å²) in [6.45, 7) is 8.74. The molecule has 0 aromatic heterocycles. The van der Waals surface area contributed by atoms with Gasteiger partial charge in [0.2, 0.25) is 11.8 Å². The number of carbonyl (C=O) groups is 2. The Morgan fingerprint density at radius 3 is 2.37 bits per heavy atom. The summed E-state index contributed by atoms with van der Waals surface area (Å²) in [5.41, 5.74) is 2.68. The van der Waals surface area contributed by atoms with Crippen molar-refractivity contribution >= 4 is 23.6 Å². The maximum atomic E-state index is 13.8. The zero-order valence-electron chi connectivity index (χ0n) is 18.2. The van der Waals surface area contributed by atoms with E-state index < -0.39 is 6.04 Å². The quantitative estimate of drug-likeness (QED) is 0.601. The van der Waals surface area contributed by atoms with Crippen molar-refractivity contribution in [3.05, 3.63) is 71.0 Å². The van der Waals surface area contributed by atoms with E-state index in [0.29, 0.717) is 30.3 Å². The van der Waals surface area contributed by atoms with E-state index in [1.54, 1.807) is 30.0 Å². The molecule has 0 aliphatic rings. The maximum absolute atomic E-state index is 13.8. The normalized spacial score (nSPS) is 11.9. The molecule has 0 heterocycles. The molecule has 1 atom stereocenters. The van der Waals surface area contributed by atoms with Crippen LogP contribution in [0.15, 0.2) is 48.5 Å². The lowest BCUT2D eigenvalue weighted by Gasteiger charge is -2.29. The molecule has 1 unspecified atom stereocenters. The van der Waals surface area contributed by atoms with Crippen LogP contribution in [0.3, 0.4) is 0 Å². The second-order valence-corrected chi connectivity index (χ2v) is 8.89. The first-order chi connectivity index (χ1) is 14.3. The molecule has 162 valence electrons. The third kappa shape index (κ3) is 7.48. The van der Waals surface area contributed by atoms with Crippen LogP contribution >= 0.6 is 11.8 Å². The molecule has 6 heteroatoms. The van der Waals surface area contributed by atoms with E-state index >= 15 is 0 Å². The average Bonchev–Trinajstić information content (AvgIpc) is 2.72. The number of hydrogen-bond donors (Lipinski definition) is 1. The summed E-state index contributed by atoms with van der Waals surface area (Å²) in [7, 11) is 0. The minimum absolute atomic E-state index is 0.135. The van der Waals surface area contributed by atoms with Crippen molar-refractivity contribution in [2.75, 3.05) is 12.3 Å². The highest BCUT2D eigenvalue weighted by molar-refractivity contribution is 7.99. The molecule has 0 saturated heterocycles. The fourth-order valence-corrected chi connectivity index (χ4v) is 3.77. The van der Waals surface area contributed by atoms with Gasteiger partial charge in [-0.1, -0.05) is 61.9 Å². The summed E-state index contributed by atoms with van der Waals surface area (Å²) >= 11 is 1.35. The molecule has 2 amide bonds. The average molecular weight is 431 g/mol. The molecular formula is C24H31FN2O2S. The van der Waals surface area contributed by atoms with E-state index in [1.807, 2.05) is 45.0 Å². The van der Waals surface area contributed by atoms with Crippen molar-refractivity contribution < 1.29 is 14.0 Å². The minimum Gasteiger partial charge on any atom is -0.354 e. The molecule has 0 saturated carbocycles. The van der Waals surface area contributed by atoms with Crippen molar-refractivity contribution in [3.63, 3.8) is 0 Å². The predicted octanol–water partition coefficient (Wildman–Crippen LogP) is 4.56. The van der Waals surface area contributed by atoms with Crippen molar-refractivity contribution in [2.24, 2.45) is 5.92 Å². The highest BCUT2D eigenvalue weighted by atomic mass is 32.2. The van der Waals surface area contributed by atoms with Gasteiger partial charge in [0.15, 0.2) is 0 Å². The first kappa shape index (κ1) is 23.9. The summed E-state index contributed by atoms with van der Waals surface area (Å²) < 4.78 is 13.8. The number of nitrogens with one attached hydrogen (secondary N) is 1. The van der Waals surface area contributed by atoms with Crippen LogP contribution < -0.4 is 5.32 Å². The van der Waals surface area contributed by atoms with Gasteiger partial charge in [0.05, 0.1) is 5.75 Å². The lowest BCUT2D eigenvalue weighted by molar-refractivity contribution is -0.138. The van der Waals surface area contributed by atoms with Crippen LogP contribution in [-0.4, -0.2) is 35.1 Å². The number of benzene rings is 2. The lowest BCUT2D eigenvalue weighted by Crippen LogP contribution is -2.48. The fourth-order valence-electron chi connectivity index (χ4n) is 2.87. The van der Waals surface area contributed by atoms with Gasteiger partial charge in [0.1, 0.15) is 11.9 Å². The molecule has 2 aromatic carbocycles. The van der Waals surface area contributed by atoms with Gasteiger partial charge in [-0.05, 0) is 37.0 Å². The predicted molar refractivity (Wildman–Crippen MR) is 122 cm³/mol. The van der Waals surface area contributed by atoms with Crippen molar-refractivity contribution in [1.82, 2.24) is 10.2 Å². The number of nitrogens with zero attached hydrogens (tertiary/aromatic N) is 1. The lowest BCUT2D eigenvalue weighted by atomic mass is 10.1. The summed E-state index contributed by atoms with van der Waals surface area (Å²) in [6.07, 6.45) is 0. The number of amides is 2. The molecule has 0 aliphatic carbocycles. The van der Waals surface area contributed by atoms with Crippen LogP contribution in [0.2, 0.25) is 0 Å². The van der Waals surface area contributed by atoms with Gasteiger partial charge in [-0.15, -0.1) is 11.8 Å². The van der Waals surface area contributed by atoms with Gasteiger partial charge in [-0.25, -0.2) is 4.39 Å². The van der Waals surface area contributed by atoms with E-state index in [1.165, 1.54) is 17.8 Å². The maximum Gasteiger partial charge on any atom is 0.242 e. The van der Waals surface area contributed by atoms with Gasteiger partial charge >= 0.3 is 0 Å². The molecule has 0 aliphatic heterocycles. The van der Waals surface area contributed by atoms with Crippen molar-refractivity contribution in [3.8, 4) is 0 Å². The largest absolute Gasteiger partial charge is 0.354 e. The molecular weight excluding hydrogens is 399 g/mol. The minimum atomic E-state index is -0.591. The van der Waals surface area contributed by atoms with Crippen molar-refractivity contribution in [1.29, 1.82) is 0 Å². The molecule has 30 heavy (non-hydrogen) atoms. The molecule has 0 fully saturated rings. The zero-order chi connectivity index (χ0) is 22.1. The van der Waals surface area contributed by atoms with Crippen LogP contribution in [0.25, 0.3) is 0 Å². The molecule has 2 aromatic rings. The van der Waals surface area contributed by atoms with Gasteiger partial charge < -0.3 is 10.2 Å². The van der Waals surface area contributed by atoms with Crippen LogP contribution in [-0.2, 0) is 21.9 Å². The Hall–Kier alpha value is -2.34. The van der Waals surface area contributed by atoms with Gasteiger partial charge in [-0.3, -0.25) is 9.59 Å². The van der Waals surface area contributed by atoms with Crippen LogP contribution in [0, 0.1) is 18.7 Å². The van der Waals surface area contributed by atoms with Crippen LogP contribution in [0.4, 0.5) is 4.39 Å². The SMILES string of the molecule is Cc1ccc(CN(C(=O)CSCc2ccccc2F)C(C)C(=O)NCC(C)C)cc1. The summed E-state index contributed by atoms with van der Waals surface area (Å²) in [5.74, 6) is 0.355. The van der Waals surface area contributed by atoms with Crippen LogP contribution in [0.1, 0.15) is 37.5 Å². The summed E-state index contributed by atoms with van der Waals surface area (Å²) in [4.78, 5) is 27.2. The Kier molecular flexibility index (Phi) is 9.37. The van der Waals surface area contributed by atoms with Gasteiger partial charge in [0, 0.05) is 18.8 Å². The molecule has 0 radical (unpaired) electrons. The van der Waals surface area contributed by atoms with E-state index in [-0.39, 0.29) is 23.4 Å². The second-order valence-electron chi connectivity index (χ2n) is 7.91. The number of carbonyl (C=O) groups excluding carboxylic acids is 2. The third-order valence-electron chi connectivity index (χ3n) is 4.77. The molecule has 0 spiro atoms. The molecule has 4 nitrogen and oxygen atoms in total. The van der Waals surface area contributed by atoms with E-state index in [9.17, 15) is 14.0 Å². The Morgan fingerprint density at radius 2 is 1.73 bits per heavy atom. The van der Waals surface area contributed by atoms with E-state index in [4.69, 9.17) is 0 Å². The Labute approximate surface area is 183 Å². The standard InChI is InChI=1S/C24H31FN2O2S/c1-17(2)13-26-24(29)19(4)27(14-20-11-9-18(3)10-12-20)23(28)16-30-15-21-7-5-6-8-22(21)25/h5-12,17,19H,13-16H2,1-4H3,(H,26,29). The molecule has 1 N–H and O–H groups in total. The highest BCUT2D eigenvalue weighted by Gasteiger charge is 2.26. The fraction of sp³-hybridized carbons (Fsp3) is 0.417. The summed E-state index contributed by atoms with van der Waals surface area (Å²) in [5, 5.41) is 2.91. The van der Waals surface area contributed by atoms with E-state index in [0.717, 1.165) is 11.1 Å². The smallest absolute Gasteiger partial charge is 0.242 e. The van der Waals surface area contributed by atoms with Crippen LogP contribution in [0.5, 0.6) is 0 Å².